The van der Waals surface area contributed by atoms with E-state index in [4.69, 9.17) is 16.3 Å². The minimum absolute atomic E-state index is 0.116. The molecule has 3 aliphatic heterocycles. The van der Waals surface area contributed by atoms with Gasteiger partial charge in [0.15, 0.2) is 0 Å². The van der Waals surface area contributed by atoms with Gasteiger partial charge in [-0.25, -0.2) is 0 Å². The van der Waals surface area contributed by atoms with Crippen molar-refractivity contribution in [3.8, 4) is 0 Å². The third kappa shape index (κ3) is 5.73. The van der Waals surface area contributed by atoms with Gasteiger partial charge in [-0.05, 0) is 29.7 Å². The molecule has 3 aromatic rings. The molecule has 0 radical (unpaired) electrons. The summed E-state index contributed by atoms with van der Waals surface area (Å²) in [5.74, 6) is -2.90. The number of halogens is 2. The normalized spacial score (nSPS) is 26.5. The Morgan fingerprint density at radius 2 is 1.64 bits per heavy atom. The lowest BCUT2D eigenvalue weighted by molar-refractivity contribution is -0.147. The molecule has 7 atom stereocenters. The number of hydrogen-bond donors (Lipinski definition) is 1. The second-order valence-electron chi connectivity index (χ2n) is 12.2. The number of benzene rings is 3. The molecule has 6 rings (SSSR count). The fourth-order valence-corrected chi connectivity index (χ4v) is 8.83. The Bertz CT molecular complexity index is 1660. The van der Waals surface area contributed by atoms with Gasteiger partial charge < -0.3 is 24.5 Å². The van der Waals surface area contributed by atoms with Crippen LogP contribution in [0.5, 0.6) is 0 Å². The number of ether oxygens (including phenoxy) is 1. The summed E-state index contributed by atoms with van der Waals surface area (Å²) in [6.45, 7) is 8.02. The van der Waals surface area contributed by atoms with Crippen LogP contribution in [0.4, 0.5) is 5.69 Å². The lowest BCUT2D eigenvalue weighted by atomic mass is 9.70. The number of carbonyl (C=O) groups excluding carboxylic acids is 3. The summed E-state index contributed by atoms with van der Waals surface area (Å²) in [6.07, 6.45) is 2.94. The number of carbonyl (C=O) groups is 3. The summed E-state index contributed by atoms with van der Waals surface area (Å²) in [4.78, 5) is 48.9. The molecule has 3 aliphatic rings. The van der Waals surface area contributed by atoms with E-state index in [2.05, 4.69) is 29.1 Å². The molecular weight excluding hydrogens is 682 g/mol. The first-order chi connectivity index (χ1) is 22.8. The molecule has 10 heteroatoms. The SMILES string of the molecule is C=CCN(Cc1ccccc1)C(=O)[C@H]1[C@H]2C(=O)N([C@H](CO)c3ccccc3)C(C(=O)N(CC=C)c3ccccc3Cl)C23CC(Br)[C@@H]1O3. The van der Waals surface area contributed by atoms with Crippen LogP contribution >= 0.6 is 27.5 Å². The second kappa shape index (κ2) is 13.8. The number of alkyl halides is 1. The molecule has 0 aliphatic carbocycles. The maximum absolute atomic E-state index is 15.0. The Morgan fingerprint density at radius 1 is 1.00 bits per heavy atom. The zero-order valence-electron chi connectivity index (χ0n) is 25.8. The molecule has 244 valence electrons. The van der Waals surface area contributed by atoms with Gasteiger partial charge in [-0.1, -0.05) is 112 Å². The first-order valence-electron chi connectivity index (χ1n) is 15.7. The zero-order valence-corrected chi connectivity index (χ0v) is 28.2. The molecule has 3 saturated heterocycles. The van der Waals surface area contributed by atoms with Crippen molar-refractivity contribution >= 4 is 50.9 Å². The van der Waals surface area contributed by atoms with Crippen LogP contribution < -0.4 is 4.90 Å². The largest absolute Gasteiger partial charge is 0.394 e. The highest BCUT2D eigenvalue weighted by Gasteiger charge is 2.77. The summed E-state index contributed by atoms with van der Waals surface area (Å²) in [6, 6.07) is 23.7. The van der Waals surface area contributed by atoms with E-state index < -0.39 is 54.0 Å². The standard InChI is InChI=1S/C37H37BrClN3O5/c1-3-19-40(22-24-13-7-5-8-14-24)34(44)30-31-35(45)42(29(23-43)25-15-9-6-10-16-25)33(37(31)21-26(38)32(30)47-37)36(46)41(20-4-2)28-18-12-11-17-27(28)39/h3-18,26,29-33,43H,1-2,19-23H2/t26?,29-,30+,31+,32+,33?,37?/m1/s1. The monoisotopic (exact) mass is 717 g/mol. The number of aliphatic hydroxyl groups is 1. The number of fused-ring (bicyclic) bond motifs is 1. The fraction of sp³-hybridized carbons (Fsp3) is 0.324. The van der Waals surface area contributed by atoms with Gasteiger partial charge in [0.05, 0.1) is 41.3 Å². The fourth-order valence-electron chi connectivity index (χ4n) is 7.65. The lowest BCUT2D eigenvalue weighted by Crippen LogP contribution is -2.58. The molecule has 3 unspecified atom stereocenters. The molecule has 3 heterocycles. The van der Waals surface area contributed by atoms with Crippen molar-refractivity contribution in [1.82, 2.24) is 9.80 Å². The summed E-state index contributed by atoms with van der Waals surface area (Å²) < 4.78 is 6.80. The van der Waals surface area contributed by atoms with Crippen LogP contribution in [0.3, 0.4) is 0 Å². The molecule has 47 heavy (non-hydrogen) atoms. The summed E-state index contributed by atoms with van der Waals surface area (Å²) in [7, 11) is 0. The Hall–Kier alpha value is -3.76. The molecule has 3 amide bonds. The maximum Gasteiger partial charge on any atom is 0.253 e. The highest BCUT2D eigenvalue weighted by Crippen LogP contribution is 2.61. The zero-order chi connectivity index (χ0) is 33.3. The van der Waals surface area contributed by atoms with Crippen molar-refractivity contribution < 1.29 is 24.2 Å². The maximum atomic E-state index is 15.0. The number of amides is 3. The van der Waals surface area contributed by atoms with Gasteiger partial charge >= 0.3 is 0 Å². The number of hydrogen-bond acceptors (Lipinski definition) is 5. The van der Waals surface area contributed by atoms with Crippen LogP contribution in [0.1, 0.15) is 23.6 Å². The van der Waals surface area contributed by atoms with Crippen molar-refractivity contribution in [2.75, 3.05) is 24.6 Å². The Labute approximate surface area is 288 Å². The molecule has 1 spiro atoms. The van der Waals surface area contributed by atoms with Gasteiger partial charge in [0.2, 0.25) is 11.8 Å². The number of likely N-dealkylation sites (tertiary alicyclic amines) is 1. The van der Waals surface area contributed by atoms with Gasteiger partial charge in [0, 0.05) is 24.5 Å². The lowest BCUT2D eigenvalue weighted by Gasteiger charge is -2.39. The summed E-state index contributed by atoms with van der Waals surface area (Å²) >= 11 is 10.4. The van der Waals surface area contributed by atoms with Gasteiger partial charge in [-0.15, -0.1) is 13.2 Å². The average Bonchev–Trinajstić information content (AvgIpc) is 3.68. The highest BCUT2D eigenvalue weighted by molar-refractivity contribution is 9.09. The smallest absolute Gasteiger partial charge is 0.253 e. The molecule has 1 N–H and O–H groups in total. The first-order valence-corrected chi connectivity index (χ1v) is 17.0. The highest BCUT2D eigenvalue weighted by atomic mass is 79.9. The molecule has 8 nitrogen and oxygen atoms in total. The van der Waals surface area contributed by atoms with E-state index in [1.165, 1.54) is 9.80 Å². The van der Waals surface area contributed by atoms with Crippen molar-refractivity contribution in [1.29, 1.82) is 0 Å². The number of anilines is 1. The van der Waals surface area contributed by atoms with E-state index in [1.54, 1.807) is 41.3 Å². The number of para-hydroxylation sites is 1. The van der Waals surface area contributed by atoms with Crippen molar-refractivity contribution in [3.05, 3.63) is 126 Å². The van der Waals surface area contributed by atoms with Crippen molar-refractivity contribution in [2.24, 2.45) is 11.8 Å². The van der Waals surface area contributed by atoms with Crippen LogP contribution in [-0.2, 0) is 25.7 Å². The quantitative estimate of drug-likeness (QED) is 0.196. The predicted octanol–water partition coefficient (Wildman–Crippen LogP) is 5.56. The third-order valence-corrected chi connectivity index (χ3v) is 10.7. The van der Waals surface area contributed by atoms with Crippen molar-refractivity contribution in [3.63, 3.8) is 0 Å². The van der Waals surface area contributed by atoms with Gasteiger partial charge in [-0.3, -0.25) is 14.4 Å². The minimum Gasteiger partial charge on any atom is -0.394 e. The molecule has 2 bridgehead atoms. The Kier molecular flexibility index (Phi) is 9.71. The Morgan fingerprint density at radius 3 is 2.28 bits per heavy atom. The second-order valence-corrected chi connectivity index (χ2v) is 13.8. The Balaban J connectivity index is 1.47. The van der Waals surface area contributed by atoms with Crippen LogP contribution in [-0.4, -0.2) is 74.9 Å². The van der Waals surface area contributed by atoms with Crippen molar-refractivity contribution in [2.45, 2.75) is 41.6 Å². The molecule has 0 aromatic heterocycles. The van der Waals surface area contributed by atoms with Gasteiger partial charge in [-0.2, -0.15) is 0 Å². The number of aliphatic hydroxyl groups excluding tert-OH is 1. The van der Waals surface area contributed by atoms with Gasteiger partial charge in [0.1, 0.15) is 11.6 Å². The van der Waals surface area contributed by atoms with E-state index in [-0.39, 0.29) is 23.8 Å². The molecule has 3 aromatic carbocycles. The van der Waals surface area contributed by atoms with Crippen LogP contribution in [0, 0.1) is 11.8 Å². The number of nitrogens with zero attached hydrogens (tertiary/aromatic N) is 3. The van der Waals surface area contributed by atoms with Crippen LogP contribution in [0.15, 0.2) is 110 Å². The first kappa shape index (κ1) is 33.2. The summed E-state index contributed by atoms with van der Waals surface area (Å²) in [5.41, 5.74) is 0.717. The van der Waals surface area contributed by atoms with E-state index in [1.807, 2.05) is 60.7 Å². The molecular formula is C37H37BrClN3O5. The third-order valence-electron chi connectivity index (χ3n) is 9.54. The van der Waals surface area contributed by atoms with E-state index >= 15 is 4.79 Å². The molecule has 3 fully saturated rings. The molecule has 0 saturated carbocycles. The average molecular weight is 719 g/mol. The van der Waals surface area contributed by atoms with E-state index in [0.29, 0.717) is 29.2 Å². The minimum atomic E-state index is -1.34. The predicted molar refractivity (Wildman–Crippen MR) is 185 cm³/mol. The summed E-state index contributed by atoms with van der Waals surface area (Å²) in [5, 5.41) is 11.2. The van der Waals surface area contributed by atoms with E-state index in [0.717, 1.165) is 5.56 Å². The van der Waals surface area contributed by atoms with E-state index in [9.17, 15) is 14.7 Å². The number of rotatable bonds is 12. The van der Waals surface area contributed by atoms with Crippen LogP contribution in [0.25, 0.3) is 0 Å². The van der Waals surface area contributed by atoms with Crippen LogP contribution in [0.2, 0.25) is 5.02 Å². The van der Waals surface area contributed by atoms with Gasteiger partial charge in [0.25, 0.3) is 5.91 Å². The topological polar surface area (TPSA) is 90.4 Å².